The summed E-state index contributed by atoms with van der Waals surface area (Å²) in [5.74, 6) is -1.72. The van der Waals surface area contributed by atoms with Crippen LogP contribution in [0, 0.1) is 0 Å². The van der Waals surface area contributed by atoms with Gasteiger partial charge in [0.2, 0.25) is 5.91 Å². The van der Waals surface area contributed by atoms with Crippen LogP contribution in [0.1, 0.15) is 22.6 Å². The molecule has 0 fully saturated rings. The van der Waals surface area contributed by atoms with Gasteiger partial charge in [-0.05, 0) is 23.3 Å². The number of hydrogen-bond acceptors (Lipinski definition) is 3. The van der Waals surface area contributed by atoms with Crippen molar-refractivity contribution in [3.63, 3.8) is 0 Å². The second kappa shape index (κ2) is 6.29. The fourth-order valence-electron chi connectivity index (χ4n) is 4.55. The topological polar surface area (TPSA) is 60.9 Å². The van der Waals surface area contributed by atoms with E-state index in [4.69, 9.17) is 0 Å². The first-order valence-electron chi connectivity index (χ1n) is 9.57. The van der Waals surface area contributed by atoms with Crippen molar-refractivity contribution in [1.29, 1.82) is 0 Å². The number of fused-ring (bicyclic) bond motifs is 2. The molecule has 144 valence electrons. The molecule has 0 radical (unpaired) electrons. The minimum atomic E-state index is -1.94. The summed E-state index contributed by atoms with van der Waals surface area (Å²) in [6.45, 7) is 0.331. The second-order valence-electron chi connectivity index (χ2n) is 7.55. The van der Waals surface area contributed by atoms with E-state index in [2.05, 4.69) is 0 Å². The number of likely N-dealkylation sites (N-methyl/N-ethyl adjacent to an activating group) is 1. The number of rotatable bonds is 3. The zero-order valence-electron chi connectivity index (χ0n) is 15.9. The van der Waals surface area contributed by atoms with Gasteiger partial charge >= 0.3 is 0 Å². The predicted molar refractivity (Wildman–Crippen MR) is 111 cm³/mol. The third-order valence-corrected chi connectivity index (χ3v) is 5.96. The first-order chi connectivity index (χ1) is 14.0. The smallest absolute Gasteiger partial charge is 0.265 e. The van der Waals surface area contributed by atoms with Gasteiger partial charge < -0.3 is 14.9 Å². The van der Waals surface area contributed by atoms with Gasteiger partial charge in [-0.25, -0.2) is 0 Å². The number of nitrogens with zero attached hydrogens (tertiary/aromatic N) is 2. The van der Waals surface area contributed by atoms with Gasteiger partial charge in [-0.1, -0.05) is 66.7 Å². The van der Waals surface area contributed by atoms with Crippen LogP contribution in [0.5, 0.6) is 0 Å². The lowest BCUT2D eigenvalue weighted by Crippen LogP contribution is -2.47. The molecule has 1 N–H and O–H groups in total. The van der Waals surface area contributed by atoms with Crippen LogP contribution in [-0.4, -0.2) is 24.0 Å². The number of aliphatic hydroxyl groups is 1. The van der Waals surface area contributed by atoms with Gasteiger partial charge in [0.05, 0.1) is 12.2 Å². The third-order valence-electron chi connectivity index (χ3n) is 5.96. The highest BCUT2D eigenvalue weighted by Gasteiger charge is 2.60. The molecular weight excluding hydrogens is 364 g/mol. The van der Waals surface area contributed by atoms with Gasteiger partial charge in [-0.3, -0.25) is 9.59 Å². The largest absolute Gasteiger partial charge is 0.374 e. The molecule has 0 saturated carbocycles. The van der Waals surface area contributed by atoms with E-state index in [0.29, 0.717) is 23.4 Å². The van der Waals surface area contributed by atoms with Gasteiger partial charge in [0.15, 0.2) is 5.60 Å². The molecule has 0 aliphatic carbocycles. The second-order valence-corrected chi connectivity index (χ2v) is 7.55. The number of benzene rings is 3. The summed E-state index contributed by atoms with van der Waals surface area (Å²) in [6.07, 6.45) is 0. The van der Waals surface area contributed by atoms with Crippen LogP contribution in [0.4, 0.5) is 11.4 Å². The Bertz CT molecular complexity index is 1130. The van der Waals surface area contributed by atoms with Gasteiger partial charge in [-0.15, -0.1) is 0 Å². The quantitative estimate of drug-likeness (QED) is 0.755. The normalized spacial score (nSPS) is 22.8. The Morgan fingerprint density at radius 2 is 1.48 bits per heavy atom. The highest BCUT2D eigenvalue weighted by molar-refractivity contribution is 6.15. The number of hydrogen-bond donors (Lipinski definition) is 1. The minimum absolute atomic E-state index is 0.279. The molecule has 2 heterocycles. The Morgan fingerprint density at radius 3 is 2.24 bits per heavy atom. The van der Waals surface area contributed by atoms with Crippen LogP contribution in [0.2, 0.25) is 0 Å². The van der Waals surface area contributed by atoms with E-state index in [1.165, 1.54) is 4.90 Å². The van der Waals surface area contributed by atoms with E-state index in [1.54, 1.807) is 24.1 Å². The maximum Gasteiger partial charge on any atom is 0.265 e. The Morgan fingerprint density at radius 1 is 0.862 bits per heavy atom. The summed E-state index contributed by atoms with van der Waals surface area (Å²) < 4.78 is 0. The molecule has 5 heteroatoms. The lowest BCUT2D eigenvalue weighted by Gasteiger charge is -2.28. The molecule has 1 unspecified atom stereocenters. The molecule has 5 rings (SSSR count). The Kier molecular flexibility index (Phi) is 3.83. The van der Waals surface area contributed by atoms with E-state index < -0.39 is 17.4 Å². The number of para-hydroxylation sites is 2. The van der Waals surface area contributed by atoms with Crippen molar-refractivity contribution in [3.05, 3.63) is 95.6 Å². The lowest BCUT2D eigenvalue weighted by molar-refractivity contribution is -0.144. The monoisotopic (exact) mass is 384 g/mol. The maximum atomic E-state index is 13.6. The van der Waals surface area contributed by atoms with Crippen molar-refractivity contribution in [2.75, 3.05) is 16.8 Å². The number of carbonyl (C=O) groups is 2. The van der Waals surface area contributed by atoms with Crippen LogP contribution in [0.3, 0.4) is 0 Å². The fraction of sp³-hybridized carbons (Fsp3) is 0.167. The predicted octanol–water partition coefficient (Wildman–Crippen LogP) is 3.18. The van der Waals surface area contributed by atoms with E-state index >= 15 is 0 Å². The average molecular weight is 384 g/mol. The number of carbonyl (C=O) groups excluding carboxylic acids is 2. The Balaban J connectivity index is 1.66. The lowest BCUT2D eigenvalue weighted by atomic mass is 9.78. The van der Waals surface area contributed by atoms with Crippen LogP contribution < -0.4 is 9.80 Å². The molecule has 0 bridgehead atoms. The molecule has 3 aromatic rings. The molecule has 5 nitrogen and oxygen atoms in total. The van der Waals surface area contributed by atoms with Crippen molar-refractivity contribution in [2.45, 2.75) is 18.1 Å². The number of amides is 2. The molecule has 0 spiro atoms. The van der Waals surface area contributed by atoms with Gasteiger partial charge in [-0.2, -0.15) is 0 Å². The van der Waals surface area contributed by atoms with Gasteiger partial charge in [0.25, 0.3) is 5.91 Å². The fourth-order valence-corrected chi connectivity index (χ4v) is 4.55. The van der Waals surface area contributed by atoms with Crippen molar-refractivity contribution < 1.29 is 14.7 Å². The van der Waals surface area contributed by atoms with Crippen LogP contribution in [-0.2, 0) is 21.7 Å². The summed E-state index contributed by atoms with van der Waals surface area (Å²) in [6, 6.07) is 24.2. The molecule has 2 atom stereocenters. The third kappa shape index (κ3) is 2.37. The molecule has 3 aromatic carbocycles. The molecule has 2 aliphatic heterocycles. The van der Waals surface area contributed by atoms with Gasteiger partial charge in [0, 0.05) is 18.3 Å². The highest BCUT2D eigenvalue weighted by atomic mass is 16.3. The van der Waals surface area contributed by atoms with Gasteiger partial charge in [0.1, 0.15) is 5.92 Å². The molecule has 2 amide bonds. The van der Waals surface area contributed by atoms with Crippen LogP contribution >= 0.6 is 0 Å². The Hall–Kier alpha value is -3.44. The molecule has 0 saturated heterocycles. The standard InChI is InChI=1S/C24H20N2O3/c1-25-19-13-7-5-11-17(19)21(22(25)27)24(29)18-12-6-8-14-20(18)26(23(24)28)15-16-9-3-2-4-10-16/h2-14,21,29H,15H2,1H3/t21?,24-/m1/s1. The first-order valence-corrected chi connectivity index (χ1v) is 9.57. The van der Waals surface area contributed by atoms with E-state index in [0.717, 1.165) is 11.3 Å². The van der Waals surface area contributed by atoms with E-state index in [1.807, 2.05) is 66.7 Å². The maximum absolute atomic E-state index is 13.6. The van der Waals surface area contributed by atoms with Crippen LogP contribution in [0.15, 0.2) is 78.9 Å². The Labute approximate surface area is 168 Å². The summed E-state index contributed by atoms with van der Waals surface area (Å²) in [7, 11) is 1.68. The van der Waals surface area contributed by atoms with E-state index in [-0.39, 0.29) is 5.91 Å². The summed E-state index contributed by atoms with van der Waals surface area (Å²) in [5.41, 5.74) is 1.53. The molecule has 29 heavy (non-hydrogen) atoms. The average Bonchev–Trinajstić information content (AvgIpc) is 3.13. The van der Waals surface area contributed by atoms with Crippen molar-refractivity contribution in [3.8, 4) is 0 Å². The summed E-state index contributed by atoms with van der Waals surface area (Å²) >= 11 is 0. The van der Waals surface area contributed by atoms with Crippen molar-refractivity contribution in [1.82, 2.24) is 0 Å². The summed E-state index contributed by atoms with van der Waals surface area (Å²) in [5, 5.41) is 11.9. The van der Waals surface area contributed by atoms with Crippen molar-refractivity contribution >= 4 is 23.2 Å². The highest BCUT2D eigenvalue weighted by Crippen LogP contribution is 2.53. The minimum Gasteiger partial charge on any atom is -0.374 e. The van der Waals surface area contributed by atoms with E-state index in [9.17, 15) is 14.7 Å². The number of anilines is 2. The van der Waals surface area contributed by atoms with Crippen LogP contribution in [0.25, 0.3) is 0 Å². The molecule has 2 aliphatic rings. The SMILES string of the molecule is CN1C(=O)C([C@@]2(O)C(=O)N(Cc3ccccc3)c3ccccc32)c2ccccc21. The first kappa shape index (κ1) is 17.6. The zero-order valence-corrected chi connectivity index (χ0v) is 15.9. The molecule has 0 aromatic heterocycles. The molecular formula is C24H20N2O3. The summed E-state index contributed by atoms with van der Waals surface area (Å²) in [4.78, 5) is 29.9. The van der Waals surface area contributed by atoms with Crippen molar-refractivity contribution in [2.24, 2.45) is 0 Å². The zero-order chi connectivity index (χ0) is 20.2.